The summed E-state index contributed by atoms with van der Waals surface area (Å²) in [6, 6.07) is 17.2. The fraction of sp³-hybridized carbons (Fsp3) is 0.167. The fourth-order valence-electron chi connectivity index (χ4n) is 1.87. The number of rotatable bonds is 7. The summed E-state index contributed by atoms with van der Waals surface area (Å²) in [4.78, 5) is 16.9. The summed E-state index contributed by atoms with van der Waals surface area (Å²) in [6.45, 7) is 2.83. The van der Waals surface area contributed by atoms with Crippen molar-refractivity contribution in [2.45, 2.75) is 13.5 Å². The third-order valence-electron chi connectivity index (χ3n) is 2.89. The predicted octanol–water partition coefficient (Wildman–Crippen LogP) is 3.35. The maximum absolute atomic E-state index is 11.7. The van der Waals surface area contributed by atoms with Crippen molar-refractivity contribution in [3.63, 3.8) is 0 Å². The highest BCUT2D eigenvalue weighted by Gasteiger charge is 2.00. The van der Waals surface area contributed by atoms with E-state index < -0.39 is 0 Å². The van der Waals surface area contributed by atoms with Crippen LogP contribution in [0.25, 0.3) is 6.08 Å². The molecule has 2 rings (SSSR count). The summed E-state index contributed by atoms with van der Waals surface area (Å²) in [7, 11) is 0. The molecular formula is C18H19NO3. The molecule has 0 radical (unpaired) electrons. The van der Waals surface area contributed by atoms with Crippen LogP contribution in [0.5, 0.6) is 5.75 Å². The smallest absolute Gasteiger partial charge is 0.267 e. The quantitative estimate of drug-likeness (QED) is 0.630. The Kier molecular flexibility index (Phi) is 6.20. The first kappa shape index (κ1) is 15.8. The minimum Gasteiger partial charge on any atom is -0.493 e. The van der Waals surface area contributed by atoms with Gasteiger partial charge in [0.1, 0.15) is 5.75 Å². The van der Waals surface area contributed by atoms with E-state index in [1.54, 1.807) is 6.08 Å². The van der Waals surface area contributed by atoms with Gasteiger partial charge in [-0.05, 0) is 24.6 Å². The van der Waals surface area contributed by atoms with Crippen LogP contribution in [0.1, 0.15) is 18.1 Å². The van der Waals surface area contributed by atoms with Crippen molar-refractivity contribution in [2.24, 2.45) is 0 Å². The third-order valence-corrected chi connectivity index (χ3v) is 2.89. The molecule has 114 valence electrons. The Hall–Kier alpha value is -2.59. The molecule has 22 heavy (non-hydrogen) atoms. The molecule has 0 saturated carbocycles. The van der Waals surface area contributed by atoms with Gasteiger partial charge in [0.2, 0.25) is 0 Å². The minimum atomic E-state index is -0.317. The number of carbonyl (C=O) groups is 1. The van der Waals surface area contributed by atoms with E-state index in [0.29, 0.717) is 13.2 Å². The second kappa shape index (κ2) is 8.64. The second-order valence-electron chi connectivity index (χ2n) is 4.54. The van der Waals surface area contributed by atoms with E-state index in [1.807, 2.05) is 61.5 Å². The first-order valence-electron chi connectivity index (χ1n) is 7.15. The lowest BCUT2D eigenvalue weighted by Gasteiger charge is -2.06. The lowest BCUT2D eigenvalue weighted by Crippen LogP contribution is -2.21. The van der Waals surface area contributed by atoms with Crippen molar-refractivity contribution in [2.75, 3.05) is 6.61 Å². The van der Waals surface area contributed by atoms with Gasteiger partial charge in [-0.15, -0.1) is 0 Å². The van der Waals surface area contributed by atoms with E-state index in [-0.39, 0.29) is 5.91 Å². The molecule has 0 fully saturated rings. The fourth-order valence-corrected chi connectivity index (χ4v) is 1.87. The second-order valence-corrected chi connectivity index (χ2v) is 4.54. The Morgan fingerprint density at radius 3 is 2.59 bits per heavy atom. The van der Waals surface area contributed by atoms with Gasteiger partial charge in [0, 0.05) is 11.6 Å². The number of nitrogens with one attached hydrogen (secondary N) is 1. The Morgan fingerprint density at radius 1 is 1.09 bits per heavy atom. The van der Waals surface area contributed by atoms with Crippen molar-refractivity contribution in [3.8, 4) is 5.75 Å². The predicted molar refractivity (Wildman–Crippen MR) is 86.0 cm³/mol. The molecule has 0 saturated heterocycles. The molecule has 0 aliphatic rings. The minimum absolute atomic E-state index is 0.317. The van der Waals surface area contributed by atoms with Crippen LogP contribution < -0.4 is 10.2 Å². The molecule has 1 N–H and O–H groups in total. The summed E-state index contributed by atoms with van der Waals surface area (Å²) >= 11 is 0. The number of hydrogen-bond donors (Lipinski definition) is 1. The summed E-state index contributed by atoms with van der Waals surface area (Å²) in [5.74, 6) is 0.432. The van der Waals surface area contributed by atoms with Gasteiger partial charge in [-0.1, -0.05) is 48.5 Å². The van der Waals surface area contributed by atoms with Crippen molar-refractivity contribution in [1.29, 1.82) is 0 Å². The number of hydrogen-bond acceptors (Lipinski definition) is 3. The lowest BCUT2D eigenvalue weighted by molar-refractivity contribution is -0.129. The van der Waals surface area contributed by atoms with E-state index in [2.05, 4.69) is 5.48 Å². The Morgan fingerprint density at radius 2 is 1.82 bits per heavy atom. The van der Waals surface area contributed by atoms with Crippen LogP contribution in [0.4, 0.5) is 0 Å². The average molecular weight is 297 g/mol. The molecule has 0 spiro atoms. The molecule has 0 heterocycles. The molecule has 2 aromatic carbocycles. The summed E-state index contributed by atoms with van der Waals surface area (Å²) in [6.07, 6.45) is 3.12. The van der Waals surface area contributed by atoms with Crippen molar-refractivity contribution in [1.82, 2.24) is 5.48 Å². The van der Waals surface area contributed by atoms with Gasteiger partial charge < -0.3 is 4.74 Å². The van der Waals surface area contributed by atoms with E-state index in [1.165, 1.54) is 6.08 Å². The van der Waals surface area contributed by atoms with Crippen molar-refractivity contribution < 1.29 is 14.4 Å². The van der Waals surface area contributed by atoms with Crippen LogP contribution in [-0.2, 0) is 16.2 Å². The van der Waals surface area contributed by atoms with Crippen LogP contribution in [0.3, 0.4) is 0 Å². The molecule has 1 amide bonds. The monoisotopic (exact) mass is 297 g/mol. The number of hydroxylamine groups is 1. The highest BCUT2D eigenvalue weighted by atomic mass is 16.6. The van der Waals surface area contributed by atoms with Gasteiger partial charge in [-0.3, -0.25) is 9.63 Å². The van der Waals surface area contributed by atoms with Gasteiger partial charge in [-0.2, -0.15) is 0 Å². The number of benzene rings is 2. The maximum Gasteiger partial charge on any atom is 0.267 e. The zero-order valence-corrected chi connectivity index (χ0v) is 12.5. The zero-order chi connectivity index (χ0) is 15.6. The molecule has 0 aromatic heterocycles. The first-order valence-corrected chi connectivity index (χ1v) is 7.15. The van der Waals surface area contributed by atoms with E-state index in [9.17, 15) is 4.79 Å². The topological polar surface area (TPSA) is 47.6 Å². The Bertz CT molecular complexity index is 623. The third kappa shape index (κ3) is 5.07. The van der Waals surface area contributed by atoms with E-state index in [0.717, 1.165) is 16.9 Å². The number of para-hydroxylation sites is 1. The molecule has 0 aliphatic carbocycles. The summed E-state index contributed by atoms with van der Waals surface area (Å²) in [5.41, 5.74) is 4.23. The molecule has 4 heteroatoms. The highest BCUT2D eigenvalue weighted by Crippen LogP contribution is 2.19. The van der Waals surface area contributed by atoms with Crippen molar-refractivity contribution in [3.05, 3.63) is 71.8 Å². The van der Waals surface area contributed by atoms with Crippen LogP contribution in [0.15, 0.2) is 60.7 Å². The van der Waals surface area contributed by atoms with Gasteiger partial charge in [0.05, 0.1) is 13.2 Å². The van der Waals surface area contributed by atoms with Gasteiger partial charge in [0.15, 0.2) is 0 Å². The number of ether oxygens (including phenoxy) is 1. The largest absolute Gasteiger partial charge is 0.493 e. The Balaban J connectivity index is 1.84. The van der Waals surface area contributed by atoms with Crippen LogP contribution >= 0.6 is 0 Å². The van der Waals surface area contributed by atoms with Crippen LogP contribution in [0, 0.1) is 0 Å². The summed E-state index contributed by atoms with van der Waals surface area (Å²) in [5, 5.41) is 0. The molecule has 0 unspecified atom stereocenters. The molecular weight excluding hydrogens is 278 g/mol. The van der Waals surface area contributed by atoms with Crippen LogP contribution in [-0.4, -0.2) is 12.5 Å². The SMILES string of the molecule is CCOc1ccccc1/C=C/C(=O)NOCc1ccccc1. The van der Waals surface area contributed by atoms with E-state index >= 15 is 0 Å². The maximum atomic E-state index is 11.7. The molecule has 4 nitrogen and oxygen atoms in total. The highest BCUT2D eigenvalue weighted by molar-refractivity contribution is 5.91. The Labute approximate surface area is 130 Å². The van der Waals surface area contributed by atoms with Crippen molar-refractivity contribution >= 4 is 12.0 Å². The van der Waals surface area contributed by atoms with Gasteiger partial charge in [-0.25, -0.2) is 5.48 Å². The molecule has 0 bridgehead atoms. The zero-order valence-electron chi connectivity index (χ0n) is 12.5. The standard InChI is InChI=1S/C18H19NO3/c1-2-21-17-11-7-6-10-16(17)12-13-18(20)19-22-14-15-8-4-3-5-9-15/h3-13H,2,14H2,1H3,(H,19,20)/b13-12+. The average Bonchev–Trinajstić information content (AvgIpc) is 2.55. The first-order chi connectivity index (χ1) is 10.8. The van der Waals surface area contributed by atoms with Gasteiger partial charge >= 0.3 is 0 Å². The molecule has 2 aromatic rings. The normalized spacial score (nSPS) is 10.6. The van der Waals surface area contributed by atoms with E-state index in [4.69, 9.17) is 9.57 Å². The van der Waals surface area contributed by atoms with Crippen LogP contribution in [0.2, 0.25) is 0 Å². The number of amides is 1. The lowest BCUT2D eigenvalue weighted by atomic mass is 10.2. The molecule has 0 atom stereocenters. The molecule has 0 aliphatic heterocycles. The van der Waals surface area contributed by atoms with Gasteiger partial charge in [0.25, 0.3) is 5.91 Å². The summed E-state index contributed by atoms with van der Waals surface area (Å²) < 4.78 is 5.49. The number of carbonyl (C=O) groups excluding carboxylic acids is 1.